The van der Waals surface area contributed by atoms with Crippen LogP contribution < -0.4 is 20.7 Å². The number of hydrogen-bond acceptors (Lipinski definition) is 6. The first kappa shape index (κ1) is 36.7. The molecule has 4 aromatic rings. The van der Waals surface area contributed by atoms with Crippen molar-refractivity contribution in [2.75, 3.05) is 7.11 Å². The van der Waals surface area contributed by atoms with Crippen molar-refractivity contribution in [2.24, 2.45) is 5.92 Å². The highest BCUT2D eigenvalue weighted by Gasteiger charge is 2.31. The molecular formula is C39H42ClN3O6. The van der Waals surface area contributed by atoms with Crippen LogP contribution in [0.1, 0.15) is 47.3 Å². The molecule has 4 rings (SSSR count). The van der Waals surface area contributed by atoms with Crippen LogP contribution in [0.15, 0.2) is 109 Å². The molecule has 10 heteroatoms. The normalized spacial score (nSPS) is 12.7. The largest absolute Gasteiger partial charge is 0.488 e. The van der Waals surface area contributed by atoms with Gasteiger partial charge in [-0.3, -0.25) is 14.4 Å². The Balaban J connectivity index is 1.54. The second-order valence-electron chi connectivity index (χ2n) is 12.1. The van der Waals surface area contributed by atoms with Gasteiger partial charge in [-0.2, -0.15) is 0 Å². The summed E-state index contributed by atoms with van der Waals surface area (Å²) in [5.74, 6) is -1.96. The van der Waals surface area contributed by atoms with Gasteiger partial charge in [0.2, 0.25) is 11.8 Å². The van der Waals surface area contributed by atoms with E-state index >= 15 is 0 Å². The molecule has 4 aromatic carbocycles. The summed E-state index contributed by atoms with van der Waals surface area (Å²) >= 11 is 6.28. The number of rotatable bonds is 16. The summed E-state index contributed by atoms with van der Waals surface area (Å²) in [4.78, 5) is 54.2. The monoisotopic (exact) mass is 683 g/mol. The number of amides is 3. The summed E-state index contributed by atoms with van der Waals surface area (Å²) < 4.78 is 11.0. The van der Waals surface area contributed by atoms with Gasteiger partial charge < -0.3 is 25.4 Å². The number of benzene rings is 4. The quantitative estimate of drug-likeness (QED) is 0.131. The molecule has 0 aliphatic carbocycles. The first-order chi connectivity index (χ1) is 23.6. The van der Waals surface area contributed by atoms with E-state index in [1.54, 1.807) is 12.1 Å². The number of methoxy groups -OCH3 is 1. The molecule has 0 saturated heterocycles. The van der Waals surface area contributed by atoms with Gasteiger partial charge in [0.25, 0.3) is 5.91 Å². The standard InChI is InChI=1S/C39H42ClN3O6/c1-26(2)21-32(41-36(44)31-24-30(40)19-20-35(31)49-25-29-17-11-6-12-18-29)37(45)42-33(22-27-13-7-4-8-14-27)38(46)43-34(39(47)48-3)23-28-15-9-5-10-16-28/h4-20,24,26,32-34H,21-23,25H2,1-3H3,(H,41,44)(H,42,45)(H,43,46)/t32-,33-,34-/m0/s1. The molecule has 0 aliphatic rings. The molecule has 0 bridgehead atoms. The lowest BCUT2D eigenvalue weighted by atomic mass is 10.00. The van der Waals surface area contributed by atoms with Crippen LogP contribution in [0.3, 0.4) is 0 Å². The molecule has 3 N–H and O–H groups in total. The molecule has 0 unspecified atom stereocenters. The summed E-state index contributed by atoms with van der Waals surface area (Å²) in [5.41, 5.74) is 2.71. The van der Waals surface area contributed by atoms with Crippen molar-refractivity contribution < 1.29 is 28.7 Å². The lowest BCUT2D eigenvalue weighted by molar-refractivity contribution is -0.145. The highest BCUT2D eigenvalue weighted by atomic mass is 35.5. The lowest BCUT2D eigenvalue weighted by Crippen LogP contribution is -2.57. The third-order valence-corrected chi connectivity index (χ3v) is 7.99. The number of ether oxygens (including phenoxy) is 2. The van der Waals surface area contributed by atoms with E-state index in [9.17, 15) is 19.2 Å². The summed E-state index contributed by atoms with van der Waals surface area (Å²) in [6.45, 7) is 4.09. The van der Waals surface area contributed by atoms with Crippen LogP contribution in [0.4, 0.5) is 0 Å². The molecule has 49 heavy (non-hydrogen) atoms. The predicted octanol–water partition coefficient (Wildman–Crippen LogP) is 5.69. The Morgan fingerprint density at radius 3 is 1.71 bits per heavy atom. The summed E-state index contributed by atoms with van der Waals surface area (Å²) in [6, 6.07) is 29.7. The summed E-state index contributed by atoms with van der Waals surface area (Å²) in [5, 5.41) is 8.81. The number of halogens is 1. The van der Waals surface area contributed by atoms with Crippen LogP contribution in [-0.4, -0.2) is 48.9 Å². The fourth-order valence-corrected chi connectivity index (χ4v) is 5.44. The van der Waals surface area contributed by atoms with Crippen LogP contribution in [-0.2, 0) is 38.6 Å². The molecule has 0 spiro atoms. The highest BCUT2D eigenvalue weighted by molar-refractivity contribution is 6.31. The Kier molecular flexibility index (Phi) is 13.8. The van der Waals surface area contributed by atoms with Crippen molar-refractivity contribution >= 4 is 35.3 Å². The zero-order valence-electron chi connectivity index (χ0n) is 27.9. The SMILES string of the molecule is COC(=O)[C@H](Cc1ccccc1)NC(=O)[C@H](Cc1ccccc1)NC(=O)[C@H](CC(C)C)NC(=O)c1cc(Cl)ccc1OCc1ccccc1. The molecule has 0 saturated carbocycles. The van der Waals surface area contributed by atoms with Crippen molar-refractivity contribution in [1.82, 2.24) is 16.0 Å². The molecule has 0 fully saturated rings. The van der Waals surface area contributed by atoms with Crippen LogP contribution in [0.5, 0.6) is 5.75 Å². The molecule has 256 valence electrons. The Bertz CT molecular complexity index is 1690. The number of esters is 1. The summed E-state index contributed by atoms with van der Waals surface area (Å²) in [6.07, 6.45) is 0.633. The van der Waals surface area contributed by atoms with Gasteiger partial charge in [0.15, 0.2) is 0 Å². The Morgan fingerprint density at radius 1 is 0.653 bits per heavy atom. The minimum Gasteiger partial charge on any atom is -0.488 e. The summed E-state index contributed by atoms with van der Waals surface area (Å²) in [7, 11) is 1.26. The molecule has 3 atom stereocenters. The van der Waals surface area contributed by atoms with Gasteiger partial charge in [-0.1, -0.05) is 116 Å². The van der Waals surface area contributed by atoms with E-state index in [4.69, 9.17) is 21.1 Å². The minimum atomic E-state index is -1.07. The van der Waals surface area contributed by atoms with Crippen LogP contribution in [0.2, 0.25) is 5.02 Å². The van der Waals surface area contributed by atoms with E-state index in [2.05, 4.69) is 16.0 Å². The van der Waals surface area contributed by atoms with Crippen LogP contribution in [0, 0.1) is 5.92 Å². The van der Waals surface area contributed by atoms with Gasteiger partial charge in [-0.05, 0) is 47.2 Å². The second kappa shape index (κ2) is 18.4. The molecule has 0 radical (unpaired) electrons. The van der Waals surface area contributed by atoms with Crippen LogP contribution in [0.25, 0.3) is 0 Å². The zero-order valence-corrected chi connectivity index (χ0v) is 28.6. The Morgan fingerprint density at radius 2 is 1.16 bits per heavy atom. The molecule has 3 amide bonds. The molecular weight excluding hydrogens is 642 g/mol. The third-order valence-electron chi connectivity index (χ3n) is 7.75. The predicted molar refractivity (Wildman–Crippen MR) is 189 cm³/mol. The molecule has 0 heterocycles. The van der Waals surface area contributed by atoms with Gasteiger partial charge in [0, 0.05) is 17.9 Å². The number of hydrogen-bond donors (Lipinski definition) is 3. The Hall–Kier alpha value is -5.15. The van der Waals surface area contributed by atoms with Crippen molar-refractivity contribution in [1.29, 1.82) is 0 Å². The minimum absolute atomic E-state index is 0.0141. The average molecular weight is 684 g/mol. The zero-order chi connectivity index (χ0) is 35.2. The fourth-order valence-electron chi connectivity index (χ4n) is 5.27. The molecule has 0 aromatic heterocycles. The van der Waals surface area contributed by atoms with E-state index < -0.39 is 41.8 Å². The lowest BCUT2D eigenvalue weighted by Gasteiger charge is -2.26. The van der Waals surface area contributed by atoms with Crippen LogP contribution >= 0.6 is 11.6 Å². The first-order valence-electron chi connectivity index (χ1n) is 16.2. The maximum Gasteiger partial charge on any atom is 0.328 e. The van der Waals surface area contributed by atoms with Crippen molar-refractivity contribution in [2.45, 2.75) is 57.8 Å². The van der Waals surface area contributed by atoms with Crippen molar-refractivity contribution in [3.05, 3.63) is 136 Å². The van der Waals surface area contributed by atoms with Gasteiger partial charge in [0.05, 0.1) is 12.7 Å². The fraction of sp³-hybridized carbons (Fsp3) is 0.282. The van der Waals surface area contributed by atoms with E-state index in [0.29, 0.717) is 10.8 Å². The van der Waals surface area contributed by atoms with E-state index in [1.165, 1.54) is 13.2 Å². The van der Waals surface area contributed by atoms with Gasteiger partial charge in [-0.15, -0.1) is 0 Å². The van der Waals surface area contributed by atoms with E-state index in [0.717, 1.165) is 16.7 Å². The van der Waals surface area contributed by atoms with Gasteiger partial charge in [0.1, 0.15) is 30.5 Å². The molecule has 0 aliphatic heterocycles. The first-order valence-corrected chi connectivity index (χ1v) is 16.5. The van der Waals surface area contributed by atoms with Gasteiger partial charge >= 0.3 is 5.97 Å². The Labute approximate surface area is 292 Å². The number of nitrogens with one attached hydrogen (secondary N) is 3. The van der Waals surface area contributed by atoms with E-state index in [-0.39, 0.29) is 37.4 Å². The van der Waals surface area contributed by atoms with E-state index in [1.807, 2.05) is 105 Å². The second-order valence-corrected chi connectivity index (χ2v) is 12.5. The maximum absolute atomic E-state index is 13.9. The maximum atomic E-state index is 13.9. The van der Waals surface area contributed by atoms with Gasteiger partial charge in [-0.25, -0.2) is 4.79 Å². The number of carbonyl (C=O) groups excluding carboxylic acids is 4. The highest BCUT2D eigenvalue weighted by Crippen LogP contribution is 2.24. The van der Waals surface area contributed by atoms with Crippen molar-refractivity contribution in [3.8, 4) is 5.75 Å². The average Bonchev–Trinajstić information content (AvgIpc) is 3.10. The third kappa shape index (κ3) is 11.5. The van der Waals surface area contributed by atoms with Crippen molar-refractivity contribution in [3.63, 3.8) is 0 Å². The topological polar surface area (TPSA) is 123 Å². The number of carbonyl (C=O) groups is 4. The smallest absolute Gasteiger partial charge is 0.328 e. The molecule has 9 nitrogen and oxygen atoms in total.